The summed E-state index contributed by atoms with van der Waals surface area (Å²) in [5.74, 6) is 0.844. The smallest absolute Gasteiger partial charge is 0.147 e. The first kappa shape index (κ1) is 12.5. The Morgan fingerprint density at radius 3 is 2.81 bits per heavy atom. The maximum atomic E-state index is 4.31. The van der Waals surface area contributed by atoms with Crippen LogP contribution in [-0.2, 0) is 13.1 Å². The van der Waals surface area contributed by atoms with Gasteiger partial charge in [0.25, 0.3) is 0 Å². The van der Waals surface area contributed by atoms with E-state index in [0.717, 1.165) is 18.4 Å². The zero-order valence-electron chi connectivity index (χ0n) is 11.9. The maximum absolute atomic E-state index is 4.31. The number of aromatic nitrogens is 3. The lowest BCUT2D eigenvalue weighted by molar-refractivity contribution is 0.687. The Hall–Kier alpha value is -2.20. The van der Waals surface area contributed by atoms with Crippen molar-refractivity contribution in [2.75, 3.05) is 0 Å². The Labute approximate surface area is 123 Å². The van der Waals surface area contributed by atoms with Gasteiger partial charge in [-0.3, -0.25) is 0 Å². The zero-order chi connectivity index (χ0) is 14.1. The van der Waals surface area contributed by atoms with Crippen molar-refractivity contribution in [1.82, 2.24) is 19.9 Å². The monoisotopic (exact) mass is 278 g/mol. The summed E-state index contributed by atoms with van der Waals surface area (Å²) in [6, 6.07) is 11.4. The standard InChI is InChI=1S/C17H18N4/c1-7-18-17(19-8-1)12-21-9-6-14-3-2-13(10-16(14)21)11-20-15-4-5-15/h1-3,6-10,15,20H,4-5,11-12H2. The average Bonchev–Trinajstić information content (AvgIpc) is 3.28. The number of fused-ring (bicyclic) bond motifs is 1. The third-order valence-electron chi connectivity index (χ3n) is 3.94. The van der Waals surface area contributed by atoms with Gasteiger partial charge in [0.15, 0.2) is 0 Å². The first-order valence-corrected chi connectivity index (χ1v) is 7.45. The van der Waals surface area contributed by atoms with Crippen molar-refractivity contribution in [2.45, 2.75) is 32.0 Å². The number of nitrogens with one attached hydrogen (secondary N) is 1. The van der Waals surface area contributed by atoms with Crippen LogP contribution >= 0.6 is 0 Å². The van der Waals surface area contributed by atoms with Gasteiger partial charge in [0.2, 0.25) is 0 Å². The molecule has 1 fully saturated rings. The maximum Gasteiger partial charge on any atom is 0.147 e. The largest absolute Gasteiger partial charge is 0.340 e. The summed E-state index contributed by atoms with van der Waals surface area (Å²) in [6.45, 7) is 1.66. The van der Waals surface area contributed by atoms with Gasteiger partial charge in [0.05, 0.1) is 6.54 Å². The van der Waals surface area contributed by atoms with Crippen LogP contribution < -0.4 is 5.32 Å². The van der Waals surface area contributed by atoms with Gasteiger partial charge >= 0.3 is 0 Å². The Morgan fingerprint density at radius 1 is 1.14 bits per heavy atom. The molecule has 0 aliphatic heterocycles. The molecular weight excluding hydrogens is 260 g/mol. The van der Waals surface area contributed by atoms with E-state index in [1.165, 1.54) is 29.3 Å². The number of benzene rings is 1. The fourth-order valence-electron chi connectivity index (χ4n) is 2.59. The van der Waals surface area contributed by atoms with Crippen molar-refractivity contribution in [1.29, 1.82) is 0 Å². The molecule has 1 saturated carbocycles. The second-order valence-electron chi connectivity index (χ2n) is 5.66. The van der Waals surface area contributed by atoms with E-state index in [-0.39, 0.29) is 0 Å². The molecule has 0 saturated heterocycles. The Balaban J connectivity index is 1.60. The van der Waals surface area contributed by atoms with Crippen LogP contribution in [0.3, 0.4) is 0 Å². The van der Waals surface area contributed by atoms with Crippen molar-refractivity contribution in [3.05, 3.63) is 60.3 Å². The minimum atomic E-state index is 0.712. The third kappa shape index (κ3) is 2.81. The van der Waals surface area contributed by atoms with Gasteiger partial charge in [-0.2, -0.15) is 0 Å². The zero-order valence-corrected chi connectivity index (χ0v) is 11.9. The van der Waals surface area contributed by atoms with Crippen molar-refractivity contribution in [3.63, 3.8) is 0 Å². The fourth-order valence-corrected chi connectivity index (χ4v) is 2.59. The molecule has 1 aliphatic rings. The molecule has 3 aromatic rings. The molecule has 4 nitrogen and oxygen atoms in total. The lowest BCUT2D eigenvalue weighted by atomic mass is 10.1. The summed E-state index contributed by atoms with van der Waals surface area (Å²) >= 11 is 0. The highest BCUT2D eigenvalue weighted by atomic mass is 15.0. The number of nitrogens with zero attached hydrogens (tertiary/aromatic N) is 3. The van der Waals surface area contributed by atoms with Crippen molar-refractivity contribution in [2.24, 2.45) is 0 Å². The topological polar surface area (TPSA) is 42.7 Å². The van der Waals surface area contributed by atoms with Crippen LogP contribution in [0.4, 0.5) is 0 Å². The van der Waals surface area contributed by atoms with E-state index in [1.807, 2.05) is 6.07 Å². The molecule has 0 amide bonds. The Bertz CT molecular complexity index is 744. The van der Waals surface area contributed by atoms with Crippen LogP contribution in [0.1, 0.15) is 24.2 Å². The van der Waals surface area contributed by atoms with Crippen molar-refractivity contribution >= 4 is 10.9 Å². The molecule has 1 aliphatic carbocycles. The molecular formula is C17H18N4. The van der Waals surface area contributed by atoms with Crippen LogP contribution in [0.25, 0.3) is 10.9 Å². The van der Waals surface area contributed by atoms with Crippen LogP contribution in [0.5, 0.6) is 0 Å². The van der Waals surface area contributed by atoms with Crippen LogP contribution in [0.15, 0.2) is 48.9 Å². The second-order valence-corrected chi connectivity index (χ2v) is 5.66. The van der Waals surface area contributed by atoms with Crippen molar-refractivity contribution in [3.8, 4) is 0 Å². The predicted molar refractivity (Wildman–Crippen MR) is 82.9 cm³/mol. The SMILES string of the molecule is c1cnc(Cn2ccc3ccc(CNC4CC4)cc32)nc1. The van der Waals surface area contributed by atoms with Gasteiger partial charge < -0.3 is 9.88 Å². The Morgan fingerprint density at radius 2 is 2.00 bits per heavy atom. The molecule has 2 heterocycles. The predicted octanol–water partition coefficient (Wildman–Crippen LogP) is 2.73. The minimum Gasteiger partial charge on any atom is -0.340 e. The van der Waals surface area contributed by atoms with E-state index >= 15 is 0 Å². The fraction of sp³-hybridized carbons (Fsp3) is 0.294. The highest BCUT2D eigenvalue weighted by molar-refractivity contribution is 5.80. The number of hydrogen-bond acceptors (Lipinski definition) is 3. The summed E-state index contributed by atoms with van der Waals surface area (Å²) in [5.41, 5.74) is 2.58. The van der Waals surface area contributed by atoms with Crippen LogP contribution in [0.2, 0.25) is 0 Å². The molecule has 21 heavy (non-hydrogen) atoms. The highest BCUT2D eigenvalue weighted by Crippen LogP contribution is 2.21. The summed E-state index contributed by atoms with van der Waals surface area (Å²) in [5, 5.41) is 4.83. The molecule has 1 N–H and O–H groups in total. The molecule has 0 spiro atoms. The molecule has 4 heteroatoms. The lowest BCUT2D eigenvalue weighted by Crippen LogP contribution is -2.15. The average molecular weight is 278 g/mol. The van der Waals surface area contributed by atoms with Gasteiger partial charge in [0.1, 0.15) is 5.82 Å². The molecule has 0 radical (unpaired) electrons. The van der Waals surface area contributed by atoms with Gasteiger partial charge in [-0.15, -0.1) is 0 Å². The summed E-state index contributed by atoms with van der Waals surface area (Å²) in [7, 11) is 0. The number of hydrogen-bond donors (Lipinski definition) is 1. The molecule has 0 unspecified atom stereocenters. The van der Waals surface area contributed by atoms with E-state index in [2.05, 4.69) is 50.3 Å². The first-order valence-electron chi connectivity index (χ1n) is 7.45. The molecule has 0 bridgehead atoms. The number of rotatable bonds is 5. The molecule has 4 rings (SSSR count). The summed E-state index contributed by atoms with van der Waals surface area (Å²) in [4.78, 5) is 8.61. The van der Waals surface area contributed by atoms with Gasteiger partial charge in [0, 0.05) is 36.7 Å². The van der Waals surface area contributed by atoms with Crippen molar-refractivity contribution < 1.29 is 0 Å². The lowest BCUT2D eigenvalue weighted by Gasteiger charge is -2.07. The molecule has 1 aromatic carbocycles. The van der Waals surface area contributed by atoms with Gasteiger partial charge in [-0.25, -0.2) is 9.97 Å². The minimum absolute atomic E-state index is 0.712. The van der Waals surface area contributed by atoms with E-state index in [9.17, 15) is 0 Å². The summed E-state index contributed by atoms with van der Waals surface area (Å²) < 4.78 is 2.21. The van der Waals surface area contributed by atoms with E-state index in [0.29, 0.717) is 6.54 Å². The molecule has 0 atom stereocenters. The summed E-state index contributed by atoms with van der Waals surface area (Å²) in [6.07, 6.45) is 8.34. The normalized spacial score (nSPS) is 14.7. The van der Waals surface area contributed by atoms with Gasteiger partial charge in [-0.1, -0.05) is 12.1 Å². The third-order valence-corrected chi connectivity index (χ3v) is 3.94. The van der Waals surface area contributed by atoms with Crippen LogP contribution in [0, 0.1) is 0 Å². The van der Waals surface area contributed by atoms with E-state index in [4.69, 9.17) is 0 Å². The quantitative estimate of drug-likeness (QED) is 0.780. The molecule has 106 valence electrons. The Kier molecular flexibility index (Phi) is 3.16. The van der Waals surface area contributed by atoms with Gasteiger partial charge in [-0.05, 0) is 42.0 Å². The second kappa shape index (κ2) is 5.30. The van der Waals surface area contributed by atoms with E-state index in [1.54, 1.807) is 12.4 Å². The van der Waals surface area contributed by atoms with E-state index < -0.39 is 0 Å². The highest BCUT2D eigenvalue weighted by Gasteiger charge is 2.19. The van der Waals surface area contributed by atoms with Crippen LogP contribution in [-0.4, -0.2) is 20.6 Å². The molecule has 2 aromatic heterocycles. The first-order chi connectivity index (χ1) is 10.4.